The maximum absolute atomic E-state index is 14.5. The minimum atomic E-state index is -1.71. The maximum Gasteiger partial charge on any atom is 0.183 e. The average Bonchev–Trinajstić information content (AvgIpc) is 2.50. The van der Waals surface area contributed by atoms with Crippen molar-refractivity contribution < 1.29 is 26.3 Å². The van der Waals surface area contributed by atoms with Gasteiger partial charge in [0.2, 0.25) is 0 Å². The second-order valence-corrected chi connectivity index (χ2v) is 5.19. The van der Waals surface area contributed by atoms with Gasteiger partial charge in [0.25, 0.3) is 0 Å². The summed E-state index contributed by atoms with van der Waals surface area (Å²) in [6.45, 7) is 3.41. The Kier molecular flexibility index (Phi) is 4.45. The van der Waals surface area contributed by atoms with Gasteiger partial charge in [-0.2, -0.15) is 0 Å². The Bertz CT molecular complexity index is 752. The zero-order chi connectivity index (χ0) is 16.8. The predicted molar refractivity (Wildman–Crippen MR) is 74.8 cm³/mol. The van der Waals surface area contributed by atoms with Crippen LogP contribution in [0.25, 0.3) is 10.8 Å². The van der Waals surface area contributed by atoms with Crippen molar-refractivity contribution in [3.05, 3.63) is 40.5 Å². The molecule has 2 aromatic carbocycles. The van der Waals surface area contributed by atoms with Crippen LogP contribution < -0.4 is 5.46 Å². The Morgan fingerprint density at radius 3 is 1.59 bits per heavy atom. The summed E-state index contributed by atoms with van der Waals surface area (Å²) in [4.78, 5) is 0. The van der Waals surface area contributed by atoms with Crippen molar-refractivity contribution in [2.75, 3.05) is 0 Å². The smallest absolute Gasteiger partial charge is 0.183 e. The first kappa shape index (κ1) is 16.7. The highest BCUT2D eigenvalue weighted by Gasteiger charge is 2.31. The van der Waals surface area contributed by atoms with Crippen molar-refractivity contribution >= 4 is 22.9 Å². The second-order valence-electron chi connectivity index (χ2n) is 5.19. The van der Waals surface area contributed by atoms with Crippen molar-refractivity contribution in [2.24, 2.45) is 0 Å². The first-order chi connectivity index (χ1) is 10.3. The Morgan fingerprint density at radius 2 is 1.09 bits per heavy atom. The van der Waals surface area contributed by atoms with Crippen LogP contribution in [0.1, 0.15) is 19.4 Å². The summed E-state index contributed by atoms with van der Waals surface area (Å²) in [5.41, 5.74) is -1.49. The van der Waals surface area contributed by atoms with Crippen LogP contribution >= 0.6 is 0 Å². The van der Waals surface area contributed by atoms with Crippen LogP contribution in [-0.2, 0) is 0 Å². The normalized spacial score (nSPS) is 11.3. The molecule has 118 valence electrons. The van der Waals surface area contributed by atoms with E-state index in [9.17, 15) is 26.3 Å². The quantitative estimate of drug-likeness (QED) is 0.436. The standard InChI is InChI=1S/C15H13BF6/c1-4-16(5-2)9-12(19)8-7(14(21)15(9)22)10(17)6(3)11(18)13(8)20/h4-5H2,1-3H3. The Balaban J connectivity index is 3.07. The fraction of sp³-hybridized carbons (Fsp3) is 0.333. The van der Waals surface area contributed by atoms with E-state index in [1.165, 1.54) is 0 Å². The van der Waals surface area contributed by atoms with E-state index in [1.54, 1.807) is 13.8 Å². The molecule has 0 heterocycles. The first-order valence-corrected chi connectivity index (χ1v) is 6.90. The Morgan fingerprint density at radius 1 is 0.636 bits per heavy atom. The lowest BCUT2D eigenvalue weighted by Crippen LogP contribution is -2.35. The molecular weight excluding hydrogens is 305 g/mol. The molecule has 0 fully saturated rings. The monoisotopic (exact) mass is 318 g/mol. The molecule has 0 amide bonds. The predicted octanol–water partition coefficient (Wildman–Crippen LogP) is 4.72. The molecule has 0 nitrogen and oxygen atoms in total. The lowest BCUT2D eigenvalue weighted by molar-refractivity contribution is 0.480. The molecule has 0 unspecified atom stereocenters. The molecule has 0 spiro atoms. The fourth-order valence-electron chi connectivity index (χ4n) is 2.70. The van der Waals surface area contributed by atoms with E-state index in [4.69, 9.17) is 0 Å². The average molecular weight is 318 g/mol. The number of rotatable bonds is 3. The van der Waals surface area contributed by atoms with Gasteiger partial charge in [-0.05, 0) is 12.4 Å². The van der Waals surface area contributed by atoms with Gasteiger partial charge in [0.15, 0.2) is 30.0 Å². The molecule has 2 aromatic rings. The summed E-state index contributed by atoms with van der Waals surface area (Å²) in [7, 11) is 0. The second kappa shape index (κ2) is 5.86. The van der Waals surface area contributed by atoms with Gasteiger partial charge in [-0.25, -0.2) is 26.3 Å². The highest BCUT2D eigenvalue weighted by Crippen LogP contribution is 2.32. The van der Waals surface area contributed by atoms with Gasteiger partial charge in [0.1, 0.15) is 11.6 Å². The van der Waals surface area contributed by atoms with E-state index in [1.807, 2.05) is 0 Å². The van der Waals surface area contributed by atoms with Crippen LogP contribution in [0.4, 0.5) is 26.3 Å². The molecule has 0 atom stereocenters. The van der Waals surface area contributed by atoms with E-state index >= 15 is 0 Å². The van der Waals surface area contributed by atoms with Crippen LogP contribution in [0.5, 0.6) is 0 Å². The number of fused-ring (bicyclic) bond motifs is 1. The number of hydrogen-bond donors (Lipinski definition) is 0. The molecule has 7 heteroatoms. The lowest BCUT2D eigenvalue weighted by Gasteiger charge is -2.16. The van der Waals surface area contributed by atoms with Crippen LogP contribution in [0.3, 0.4) is 0 Å². The highest BCUT2D eigenvalue weighted by molar-refractivity contribution is 6.73. The van der Waals surface area contributed by atoms with Gasteiger partial charge < -0.3 is 0 Å². The summed E-state index contributed by atoms with van der Waals surface area (Å²) in [5.74, 6) is -9.51. The maximum atomic E-state index is 14.5. The lowest BCUT2D eigenvalue weighted by atomic mass is 9.41. The molecule has 0 saturated carbocycles. The van der Waals surface area contributed by atoms with E-state index in [0.717, 1.165) is 6.92 Å². The van der Waals surface area contributed by atoms with Crippen molar-refractivity contribution in [3.8, 4) is 0 Å². The molecule has 0 radical (unpaired) electrons. The van der Waals surface area contributed by atoms with E-state index < -0.39 is 63.4 Å². The van der Waals surface area contributed by atoms with Gasteiger partial charge >= 0.3 is 0 Å². The van der Waals surface area contributed by atoms with Crippen LogP contribution in [0.2, 0.25) is 12.6 Å². The molecule has 0 N–H and O–H groups in total. The van der Waals surface area contributed by atoms with Crippen LogP contribution in [-0.4, -0.2) is 6.71 Å². The molecule has 0 aromatic heterocycles. The minimum absolute atomic E-state index is 0.272. The third-order valence-electron chi connectivity index (χ3n) is 4.04. The van der Waals surface area contributed by atoms with Crippen LogP contribution in [0, 0.1) is 41.8 Å². The van der Waals surface area contributed by atoms with Gasteiger partial charge in [0, 0.05) is 5.56 Å². The molecule has 0 saturated heterocycles. The van der Waals surface area contributed by atoms with Crippen molar-refractivity contribution in [1.82, 2.24) is 0 Å². The van der Waals surface area contributed by atoms with Gasteiger partial charge in [-0.3, -0.25) is 0 Å². The molecular formula is C15H13BF6. The van der Waals surface area contributed by atoms with Crippen LogP contribution in [0.15, 0.2) is 0 Å². The Hall–Kier alpha value is -1.66. The SMILES string of the molecule is CCB(CC)c1c(F)c(F)c2c(F)c(C)c(F)c(F)c2c1F. The number of benzene rings is 2. The largest absolute Gasteiger partial charge is 0.207 e. The summed E-state index contributed by atoms with van der Waals surface area (Å²) in [6.07, 6.45) is 0.543. The van der Waals surface area contributed by atoms with Crippen molar-refractivity contribution in [1.29, 1.82) is 0 Å². The summed E-state index contributed by atoms with van der Waals surface area (Å²) < 4.78 is 84.4. The van der Waals surface area contributed by atoms with E-state index in [0.29, 0.717) is 0 Å². The van der Waals surface area contributed by atoms with Gasteiger partial charge in [-0.1, -0.05) is 26.5 Å². The Labute approximate surface area is 124 Å². The molecule has 0 aliphatic rings. The zero-order valence-electron chi connectivity index (χ0n) is 12.3. The van der Waals surface area contributed by atoms with Gasteiger partial charge in [-0.15, -0.1) is 0 Å². The molecule has 0 bridgehead atoms. The highest BCUT2D eigenvalue weighted by atomic mass is 19.2. The number of hydrogen-bond acceptors (Lipinski definition) is 0. The van der Waals surface area contributed by atoms with E-state index in [2.05, 4.69) is 0 Å². The first-order valence-electron chi connectivity index (χ1n) is 6.90. The molecule has 0 aliphatic carbocycles. The fourth-order valence-corrected chi connectivity index (χ4v) is 2.70. The summed E-state index contributed by atoms with van der Waals surface area (Å²) in [6, 6.07) is 0. The number of halogens is 6. The molecule has 22 heavy (non-hydrogen) atoms. The summed E-state index contributed by atoms with van der Waals surface area (Å²) >= 11 is 0. The summed E-state index contributed by atoms with van der Waals surface area (Å²) in [5, 5.41) is -2.37. The van der Waals surface area contributed by atoms with Gasteiger partial charge in [0.05, 0.1) is 10.8 Å². The topological polar surface area (TPSA) is 0 Å². The van der Waals surface area contributed by atoms with Crippen molar-refractivity contribution in [2.45, 2.75) is 33.4 Å². The zero-order valence-corrected chi connectivity index (χ0v) is 12.3. The van der Waals surface area contributed by atoms with E-state index in [-0.39, 0.29) is 12.6 Å². The third-order valence-corrected chi connectivity index (χ3v) is 4.04. The third kappa shape index (κ3) is 2.18. The van der Waals surface area contributed by atoms with Crippen molar-refractivity contribution in [3.63, 3.8) is 0 Å². The minimum Gasteiger partial charge on any atom is -0.207 e. The molecule has 0 aliphatic heterocycles. The molecule has 2 rings (SSSR count).